The van der Waals surface area contributed by atoms with Crippen LogP contribution in [0, 0.1) is 11.8 Å². The average molecular weight is 470 g/mol. The zero-order valence-corrected chi connectivity index (χ0v) is 20.0. The van der Waals surface area contributed by atoms with Crippen LogP contribution in [0.4, 0.5) is 4.79 Å². The summed E-state index contributed by atoms with van der Waals surface area (Å²) >= 11 is 1.58. The van der Waals surface area contributed by atoms with Crippen molar-refractivity contribution in [1.82, 2.24) is 15.1 Å². The van der Waals surface area contributed by atoms with Crippen LogP contribution in [0.5, 0.6) is 11.5 Å². The van der Waals surface area contributed by atoms with E-state index in [1.165, 1.54) is 10.5 Å². The van der Waals surface area contributed by atoms with Crippen molar-refractivity contribution in [2.75, 3.05) is 26.4 Å². The standard InChI is InChI=1S/C25H31N3O4S/c1-17(11-18-3-4-21-22(12-18)32-16-31-21)13-27-8-5-20(6-9-27)25(2)23(29)28(24(30)26-25)14-19-7-10-33-15-19/h3-4,7,10,12,15,17,20H,5-6,8-9,11,13-14,16H2,1-2H3,(H,26,30)/t17-,25-/m0/s1. The minimum atomic E-state index is -0.808. The molecule has 0 saturated carbocycles. The maximum absolute atomic E-state index is 13.2. The number of amides is 3. The van der Waals surface area contributed by atoms with E-state index in [0.717, 1.165) is 56.0 Å². The predicted octanol–water partition coefficient (Wildman–Crippen LogP) is 3.88. The first-order chi connectivity index (χ1) is 15.9. The Bertz CT molecular complexity index is 1020. The molecule has 33 heavy (non-hydrogen) atoms. The van der Waals surface area contributed by atoms with Crippen LogP contribution in [0.25, 0.3) is 0 Å². The molecule has 7 nitrogen and oxygen atoms in total. The number of hydrogen-bond acceptors (Lipinski definition) is 6. The van der Waals surface area contributed by atoms with E-state index in [-0.39, 0.29) is 17.9 Å². The molecule has 1 aromatic heterocycles. The summed E-state index contributed by atoms with van der Waals surface area (Å²) < 4.78 is 10.9. The van der Waals surface area contributed by atoms with Crippen molar-refractivity contribution < 1.29 is 19.1 Å². The molecule has 0 bridgehead atoms. The second-order valence-electron chi connectivity index (χ2n) is 9.73. The number of piperidine rings is 1. The summed E-state index contributed by atoms with van der Waals surface area (Å²) in [5.41, 5.74) is 1.45. The Balaban J connectivity index is 1.14. The van der Waals surface area contributed by atoms with E-state index < -0.39 is 5.54 Å². The second-order valence-corrected chi connectivity index (χ2v) is 10.5. The van der Waals surface area contributed by atoms with Crippen molar-refractivity contribution in [3.8, 4) is 11.5 Å². The molecule has 176 valence electrons. The van der Waals surface area contributed by atoms with Gasteiger partial charge in [-0.25, -0.2) is 4.79 Å². The summed E-state index contributed by atoms with van der Waals surface area (Å²) in [6.45, 7) is 7.74. The third kappa shape index (κ3) is 4.46. The van der Waals surface area contributed by atoms with E-state index in [0.29, 0.717) is 19.3 Å². The Morgan fingerprint density at radius 3 is 2.70 bits per heavy atom. The highest BCUT2D eigenvalue weighted by atomic mass is 32.1. The van der Waals surface area contributed by atoms with E-state index in [4.69, 9.17) is 9.47 Å². The molecule has 3 amide bonds. The number of ether oxygens (including phenoxy) is 2. The number of nitrogens with one attached hydrogen (secondary N) is 1. The van der Waals surface area contributed by atoms with Crippen LogP contribution in [0.1, 0.15) is 37.8 Å². The number of likely N-dealkylation sites (tertiary alicyclic amines) is 1. The molecule has 3 aliphatic rings. The third-order valence-corrected chi connectivity index (χ3v) is 7.95. The van der Waals surface area contributed by atoms with Gasteiger partial charge in [-0.2, -0.15) is 11.3 Å². The van der Waals surface area contributed by atoms with Gasteiger partial charge in [0, 0.05) is 6.54 Å². The Hall–Kier alpha value is -2.58. The van der Waals surface area contributed by atoms with Crippen LogP contribution in [0.3, 0.4) is 0 Å². The second kappa shape index (κ2) is 8.99. The Morgan fingerprint density at radius 2 is 1.94 bits per heavy atom. The van der Waals surface area contributed by atoms with Crippen LogP contribution in [0.15, 0.2) is 35.0 Å². The fourth-order valence-electron chi connectivity index (χ4n) is 5.37. The first-order valence-electron chi connectivity index (χ1n) is 11.7. The van der Waals surface area contributed by atoms with E-state index in [1.54, 1.807) is 11.3 Å². The van der Waals surface area contributed by atoms with Crippen LogP contribution in [-0.2, 0) is 17.8 Å². The van der Waals surface area contributed by atoms with Gasteiger partial charge in [-0.1, -0.05) is 13.0 Å². The molecule has 1 aromatic carbocycles. The van der Waals surface area contributed by atoms with Crippen molar-refractivity contribution in [3.63, 3.8) is 0 Å². The molecule has 0 unspecified atom stereocenters. The van der Waals surface area contributed by atoms with Gasteiger partial charge in [0.05, 0.1) is 6.54 Å². The number of carbonyl (C=O) groups excluding carboxylic acids is 2. The zero-order valence-electron chi connectivity index (χ0n) is 19.2. The molecule has 8 heteroatoms. The summed E-state index contributed by atoms with van der Waals surface area (Å²) in [4.78, 5) is 29.7. The Labute approximate surface area is 198 Å². The van der Waals surface area contributed by atoms with Gasteiger partial charge in [-0.3, -0.25) is 9.69 Å². The van der Waals surface area contributed by atoms with Gasteiger partial charge < -0.3 is 19.7 Å². The number of benzene rings is 1. The van der Waals surface area contributed by atoms with Crippen LogP contribution >= 0.6 is 11.3 Å². The maximum atomic E-state index is 13.2. The van der Waals surface area contributed by atoms with Crippen molar-refractivity contribution in [2.45, 2.75) is 45.2 Å². The number of urea groups is 1. The lowest BCUT2D eigenvalue weighted by Crippen LogP contribution is -2.54. The van der Waals surface area contributed by atoms with Gasteiger partial charge in [0.15, 0.2) is 11.5 Å². The molecular formula is C25H31N3O4S. The van der Waals surface area contributed by atoms with Gasteiger partial charge in [-0.15, -0.1) is 0 Å². The number of fused-ring (bicyclic) bond motifs is 1. The Morgan fingerprint density at radius 1 is 1.15 bits per heavy atom. The molecule has 2 aromatic rings. The summed E-state index contributed by atoms with van der Waals surface area (Å²) in [5, 5.41) is 6.98. The highest BCUT2D eigenvalue weighted by molar-refractivity contribution is 7.07. The van der Waals surface area contributed by atoms with Crippen LogP contribution in [0.2, 0.25) is 0 Å². The first kappa shape index (κ1) is 22.2. The van der Waals surface area contributed by atoms with Crippen molar-refractivity contribution >= 4 is 23.3 Å². The van der Waals surface area contributed by atoms with Crippen molar-refractivity contribution in [3.05, 3.63) is 46.2 Å². The summed E-state index contributed by atoms with van der Waals surface area (Å²) in [6.07, 6.45) is 2.80. The zero-order chi connectivity index (χ0) is 23.0. The lowest BCUT2D eigenvalue weighted by molar-refractivity contribution is -0.133. The van der Waals surface area contributed by atoms with Crippen LogP contribution in [-0.4, -0.2) is 53.7 Å². The molecule has 2 fully saturated rings. The molecule has 5 rings (SSSR count). The van der Waals surface area contributed by atoms with Gasteiger partial charge in [0.2, 0.25) is 6.79 Å². The number of hydrogen-bond donors (Lipinski definition) is 1. The lowest BCUT2D eigenvalue weighted by atomic mass is 9.78. The average Bonchev–Trinajstić information content (AvgIpc) is 3.52. The monoisotopic (exact) mass is 469 g/mol. The van der Waals surface area contributed by atoms with Crippen molar-refractivity contribution in [2.24, 2.45) is 11.8 Å². The topological polar surface area (TPSA) is 71.1 Å². The maximum Gasteiger partial charge on any atom is 0.325 e. The molecule has 2 atom stereocenters. The fraction of sp³-hybridized carbons (Fsp3) is 0.520. The first-order valence-corrected chi connectivity index (χ1v) is 12.6. The minimum Gasteiger partial charge on any atom is -0.454 e. The molecular weight excluding hydrogens is 438 g/mol. The third-order valence-electron chi connectivity index (χ3n) is 7.22. The van der Waals surface area contributed by atoms with E-state index >= 15 is 0 Å². The number of imide groups is 1. The largest absolute Gasteiger partial charge is 0.454 e. The SMILES string of the molecule is C[C@@H](Cc1ccc2c(c1)OCO2)CN1CCC([C@]2(C)NC(=O)N(Cc3ccsc3)C2=O)CC1. The van der Waals surface area contributed by atoms with Gasteiger partial charge >= 0.3 is 6.03 Å². The molecule has 0 radical (unpaired) electrons. The number of rotatable bonds is 7. The highest BCUT2D eigenvalue weighted by Gasteiger charge is 2.52. The van der Waals surface area contributed by atoms with E-state index in [1.807, 2.05) is 29.8 Å². The predicted molar refractivity (Wildman–Crippen MR) is 126 cm³/mol. The molecule has 4 heterocycles. The van der Waals surface area contributed by atoms with Gasteiger partial charge in [0.1, 0.15) is 5.54 Å². The molecule has 2 saturated heterocycles. The smallest absolute Gasteiger partial charge is 0.325 e. The van der Waals surface area contributed by atoms with Gasteiger partial charge in [-0.05, 0) is 91.2 Å². The molecule has 1 N–H and O–H groups in total. The summed E-state index contributed by atoms with van der Waals surface area (Å²) in [6, 6.07) is 7.89. The van der Waals surface area contributed by atoms with Crippen molar-refractivity contribution in [1.29, 1.82) is 0 Å². The number of carbonyl (C=O) groups is 2. The van der Waals surface area contributed by atoms with E-state index in [9.17, 15) is 9.59 Å². The summed E-state index contributed by atoms with van der Waals surface area (Å²) in [5.74, 6) is 2.23. The van der Waals surface area contributed by atoms with E-state index in [2.05, 4.69) is 29.3 Å². The quantitative estimate of drug-likeness (QED) is 0.623. The fourth-order valence-corrected chi connectivity index (χ4v) is 6.03. The molecule has 0 aliphatic carbocycles. The minimum absolute atomic E-state index is 0.0895. The lowest BCUT2D eigenvalue weighted by Gasteiger charge is -2.39. The number of nitrogens with zero attached hydrogens (tertiary/aromatic N) is 2. The molecule has 3 aliphatic heterocycles. The Kier molecular flexibility index (Phi) is 6.05. The summed E-state index contributed by atoms with van der Waals surface area (Å²) in [7, 11) is 0. The molecule has 0 spiro atoms. The van der Waals surface area contributed by atoms with Crippen LogP contribution < -0.4 is 14.8 Å². The normalized spacial score (nSPS) is 24.4. The van der Waals surface area contributed by atoms with Gasteiger partial charge in [0.25, 0.3) is 5.91 Å². The highest BCUT2D eigenvalue weighted by Crippen LogP contribution is 2.35. The number of thiophene rings is 1.